The second-order valence-corrected chi connectivity index (χ2v) is 3.84. The fourth-order valence-electron chi connectivity index (χ4n) is 1.24. The highest BCUT2D eigenvalue weighted by molar-refractivity contribution is 6.02. The molecule has 0 bridgehead atoms. The number of amidine groups is 1. The van der Waals surface area contributed by atoms with Crippen LogP contribution >= 0.6 is 0 Å². The predicted octanol–water partition coefficient (Wildman–Crippen LogP) is 2.33. The zero-order chi connectivity index (χ0) is 11.4. The van der Waals surface area contributed by atoms with Gasteiger partial charge in [-0.15, -0.1) is 0 Å². The maximum Gasteiger partial charge on any atom is 0.278 e. The number of carbonyl (C=O) groups is 1. The van der Waals surface area contributed by atoms with Gasteiger partial charge in [0.15, 0.2) is 0 Å². The lowest BCUT2D eigenvalue weighted by Crippen LogP contribution is -2.09. The van der Waals surface area contributed by atoms with E-state index in [1.54, 1.807) is 19.1 Å². The molecule has 0 aliphatic heterocycles. The first kappa shape index (κ1) is 11.4. The number of amides is 1. The van der Waals surface area contributed by atoms with E-state index in [2.05, 4.69) is 18.8 Å². The zero-order valence-electron chi connectivity index (χ0n) is 9.32. The molecule has 1 aromatic carbocycles. The van der Waals surface area contributed by atoms with Crippen molar-refractivity contribution in [3.63, 3.8) is 0 Å². The van der Waals surface area contributed by atoms with E-state index in [4.69, 9.17) is 5.73 Å². The quantitative estimate of drug-likeness (QED) is 0.593. The summed E-state index contributed by atoms with van der Waals surface area (Å²) in [6.07, 6.45) is 0. The summed E-state index contributed by atoms with van der Waals surface area (Å²) in [6, 6.07) is 7.45. The van der Waals surface area contributed by atoms with Crippen LogP contribution in [-0.2, 0) is 0 Å². The molecule has 0 radical (unpaired) electrons. The monoisotopic (exact) mass is 204 g/mol. The highest BCUT2D eigenvalue weighted by Gasteiger charge is 2.04. The molecule has 0 aromatic heterocycles. The summed E-state index contributed by atoms with van der Waals surface area (Å²) in [4.78, 5) is 15.1. The predicted molar refractivity (Wildman–Crippen MR) is 62.2 cm³/mol. The third-order valence-corrected chi connectivity index (χ3v) is 2.10. The Bertz CT molecular complexity index is 373. The average Bonchev–Trinajstić information content (AvgIpc) is 2.17. The Kier molecular flexibility index (Phi) is 3.61. The van der Waals surface area contributed by atoms with E-state index < -0.39 is 0 Å². The molecule has 0 atom stereocenters. The van der Waals surface area contributed by atoms with E-state index >= 15 is 0 Å². The number of carbonyl (C=O) groups excluding carboxylic acids is 1. The molecule has 0 heterocycles. The molecule has 3 heteroatoms. The van der Waals surface area contributed by atoms with Gasteiger partial charge in [-0.3, -0.25) is 4.79 Å². The molecule has 15 heavy (non-hydrogen) atoms. The van der Waals surface area contributed by atoms with Gasteiger partial charge in [-0.2, -0.15) is 4.99 Å². The molecule has 0 fully saturated rings. The highest BCUT2D eigenvalue weighted by atomic mass is 16.1. The minimum absolute atomic E-state index is 0.285. The highest BCUT2D eigenvalue weighted by Crippen LogP contribution is 2.14. The van der Waals surface area contributed by atoms with Crippen molar-refractivity contribution >= 4 is 11.7 Å². The molecule has 80 valence electrons. The number of hydrogen-bond donors (Lipinski definition) is 1. The van der Waals surface area contributed by atoms with Crippen LogP contribution < -0.4 is 5.73 Å². The van der Waals surface area contributed by atoms with Crippen LogP contribution in [0.1, 0.15) is 42.6 Å². The average molecular weight is 204 g/mol. The summed E-state index contributed by atoms with van der Waals surface area (Å²) < 4.78 is 0. The topological polar surface area (TPSA) is 55.4 Å². The zero-order valence-corrected chi connectivity index (χ0v) is 9.32. The molecule has 1 amide bonds. The van der Waals surface area contributed by atoms with E-state index in [0.717, 1.165) is 0 Å². The standard InChI is InChI=1S/C12H16N2O/c1-8(2)10-4-6-11(7-5-10)12(15)14-9(3)13/h4-8H,1-3H3,(H2,13,14,15). The van der Waals surface area contributed by atoms with Crippen LogP contribution in [0.15, 0.2) is 29.3 Å². The molecule has 0 spiro atoms. The van der Waals surface area contributed by atoms with E-state index in [1.807, 2.05) is 12.1 Å². The van der Waals surface area contributed by atoms with Crippen molar-refractivity contribution in [3.8, 4) is 0 Å². The van der Waals surface area contributed by atoms with Gasteiger partial charge in [0.05, 0.1) is 0 Å². The number of nitrogens with zero attached hydrogens (tertiary/aromatic N) is 1. The van der Waals surface area contributed by atoms with Crippen LogP contribution in [0.5, 0.6) is 0 Å². The number of hydrogen-bond acceptors (Lipinski definition) is 1. The van der Waals surface area contributed by atoms with Gasteiger partial charge < -0.3 is 5.73 Å². The Morgan fingerprint density at radius 1 is 1.27 bits per heavy atom. The van der Waals surface area contributed by atoms with Crippen molar-refractivity contribution in [1.29, 1.82) is 0 Å². The van der Waals surface area contributed by atoms with E-state index in [9.17, 15) is 4.79 Å². The van der Waals surface area contributed by atoms with Crippen LogP contribution in [0.25, 0.3) is 0 Å². The van der Waals surface area contributed by atoms with Crippen LogP contribution in [0.4, 0.5) is 0 Å². The molecule has 0 saturated carbocycles. The van der Waals surface area contributed by atoms with Crippen molar-refractivity contribution in [3.05, 3.63) is 35.4 Å². The van der Waals surface area contributed by atoms with Gasteiger partial charge in [0.25, 0.3) is 5.91 Å². The van der Waals surface area contributed by atoms with Crippen molar-refractivity contribution in [2.45, 2.75) is 26.7 Å². The Labute approximate surface area is 90.0 Å². The molecular weight excluding hydrogens is 188 g/mol. The maximum absolute atomic E-state index is 11.5. The molecule has 2 N–H and O–H groups in total. The lowest BCUT2D eigenvalue weighted by atomic mass is 10.0. The van der Waals surface area contributed by atoms with Crippen molar-refractivity contribution in [1.82, 2.24) is 0 Å². The molecule has 3 nitrogen and oxygen atoms in total. The fraction of sp³-hybridized carbons (Fsp3) is 0.333. The number of rotatable bonds is 2. The first-order chi connectivity index (χ1) is 7.00. The lowest BCUT2D eigenvalue weighted by Gasteiger charge is -2.04. The van der Waals surface area contributed by atoms with E-state index in [1.165, 1.54) is 5.56 Å². The summed E-state index contributed by atoms with van der Waals surface area (Å²) in [5, 5.41) is 0. The van der Waals surface area contributed by atoms with Crippen molar-refractivity contribution in [2.24, 2.45) is 10.7 Å². The number of aliphatic imine (C=N–C) groups is 1. The Morgan fingerprint density at radius 3 is 2.20 bits per heavy atom. The van der Waals surface area contributed by atoms with E-state index in [-0.39, 0.29) is 11.7 Å². The van der Waals surface area contributed by atoms with Gasteiger partial charge in [0.1, 0.15) is 5.84 Å². The van der Waals surface area contributed by atoms with Crippen LogP contribution in [0.2, 0.25) is 0 Å². The van der Waals surface area contributed by atoms with Gasteiger partial charge in [0, 0.05) is 5.56 Å². The Morgan fingerprint density at radius 2 is 1.80 bits per heavy atom. The number of nitrogens with two attached hydrogens (primary N) is 1. The third-order valence-electron chi connectivity index (χ3n) is 2.10. The SMILES string of the molecule is CC(N)=NC(=O)c1ccc(C(C)C)cc1. The Hall–Kier alpha value is -1.64. The van der Waals surface area contributed by atoms with Crippen molar-refractivity contribution < 1.29 is 4.79 Å². The van der Waals surface area contributed by atoms with Gasteiger partial charge in [-0.05, 0) is 30.5 Å². The molecule has 0 saturated heterocycles. The molecule has 0 aliphatic rings. The van der Waals surface area contributed by atoms with E-state index in [0.29, 0.717) is 11.5 Å². The normalized spacial score (nSPS) is 11.9. The van der Waals surface area contributed by atoms with Crippen molar-refractivity contribution in [2.75, 3.05) is 0 Å². The molecule has 1 aromatic rings. The molecular formula is C12H16N2O. The first-order valence-electron chi connectivity index (χ1n) is 4.95. The van der Waals surface area contributed by atoms with Gasteiger partial charge in [-0.1, -0.05) is 26.0 Å². The van der Waals surface area contributed by atoms with Crippen LogP contribution in [0, 0.1) is 0 Å². The van der Waals surface area contributed by atoms with Gasteiger partial charge in [-0.25, -0.2) is 0 Å². The third kappa shape index (κ3) is 3.20. The largest absolute Gasteiger partial charge is 0.387 e. The minimum Gasteiger partial charge on any atom is -0.387 e. The smallest absolute Gasteiger partial charge is 0.278 e. The molecule has 1 rings (SSSR count). The molecule has 0 aliphatic carbocycles. The summed E-state index contributed by atoms with van der Waals surface area (Å²) >= 11 is 0. The van der Waals surface area contributed by atoms with Gasteiger partial charge >= 0.3 is 0 Å². The summed E-state index contributed by atoms with van der Waals surface area (Å²) in [5.74, 6) is 0.465. The molecule has 0 unspecified atom stereocenters. The fourth-order valence-corrected chi connectivity index (χ4v) is 1.24. The van der Waals surface area contributed by atoms with Crippen LogP contribution in [0.3, 0.4) is 0 Å². The maximum atomic E-state index is 11.5. The second-order valence-electron chi connectivity index (χ2n) is 3.84. The first-order valence-corrected chi connectivity index (χ1v) is 4.95. The summed E-state index contributed by atoms with van der Waals surface area (Å²) in [7, 11) is 0. The van der Waals surface area contributed by atoms with Crippen LogP contribution in [-0.4, -0.2) is 11.7 Å². The minimum atomic E-state index is -0.287. The summed E-state index contributed by atoms with van der Waals surface area (Å²) in [6.45, 7) is 5.82. The summed E-state index contributed by atoms with van der Waals surface area (Å²) in [5.41, 5.74) is 7.12. The Balaban J connectivity index is 2.90. The second kappa shape index (κ2) is 4.73. The van der Waals surface area contributed by atoms with Gasteiger partial charge in [0.2, 0.25) is 0 Å². The lowest BCUT2D eigenvalue weighted by molar-refractivity contribution is 0.100. The number of benzene rings is 1.